The largest absolute Gasteiger partial charge is 0.192 e. The quantitative estimate of drug-likeness (QED) is 0.693. The highest BCUT2D eigenvalue weighted by Gasteiger charge is 2.29. The molecule has 1 aromatic carbocycles. The zero-order valence-corrected chi connectivity index (χ0v) is 13.0. The molecule has 0 aliphatic heterocycles. The molecule has 0 atom stereocenters. The molecule has 0 spiro atoms. The van der Waals surface area contributed by atoms with Crippen LogP contribution in [0.5, 0.6) is 0 Å². The maximum atomic E-state index is 8.84. The van der Waals surface area contributed by atoms with Gasteiger partial charge in [-0.15, -0.1) is 0 Å². The van der Waals surface area contributed by atoms with Crippen molar-refractivity contribution in [2.24, 2.45) is 5.41 Å². The van der Waals surface area contributed by atoms with E-state index >= 15 is 0 Å². The highest BCUT2D eigenvalue weighted by atomic mass is 14.3. The molecule has 0 saturated heterocycles. The van der Waals surface area contributed by atoms with Crippen molar-refractivity contribution in [2.75, 3.05) is 0 Å². The number of hydrogen-bond donors (Lipinski definition) is 0. The van der Waals surface area contributed by atoms with Crippen LogP contribution in [0, 0.1) is 16.7 Å². The Bertz CT molecular complexity index is 592. The SMILES string of the molecule is CCC1=C(C)/C(=C/c2ccc(C#N)cc2)CCC1(C)C. The molecular weight excluding hydrogens is 242 g/mol. The van der Waals surface area contributed by atoms with E-state index in [4.69, 9.17) is 5.26 Å². The predicted molar refractivity (Wildman–Crippen MR) is 85.1 cm³/mol. The van der Waals surface area contributed by atoms with Crippen molar-refractivity contribution in [3.63, 3.8) is 0 Å². The average molecular weight is 265 g/mol. The Morgan fingerprint density at radius 1 is 1.25 bits per heavy atom. The number of benzene rings is 1. The lowest BCUT2D eigenvalue weighted by Crippen LogP contribution is -2.21. The number of allylic oxidation sites excluding steroid dienone is 3. The van der Waals surface area contributed by atoms with E-state index in [1.807, 2.05) is 24.3 Å². The van der Waals surface area contributed by atoms with E-state index in [1.165, 1.54) is 23.1 Å². The molecule has 0 bridgehead atoms. The fraction of sp³-hybridized carbons (Fsp3) is 0.421. The number of hydrogen-bond acceptors (Lipinski definition) is 1. The molecule has 0 N–H and O–H groups in total. The summed E-state index contributed by atoms with van der Waals surface area (Å²) in [7, 11) is 0. The van der Waals surface area contributed by atoms with Gasteiger partial charge in [0.2, 0.25) is 0 Å². The maximum absolute atomic E-state index is 8.84. The van der Waals surface area contributed by atoms with Gasteiger partial charge in [0.25, 0.3) is 0 Å². The maximum Gasteiger partial charge on any atom is 0.0991 e. The molecule has 20 heavy (non-hydrogen) atoms. The minimum Gasteiger partial charge on any atom is -0.192 e. The Labute approximate surface area is 122 Å². The van der Waals surface area contributed by atoms with Crippen LogP contribution in [-0.2, 0) is 0 Å². The van der Waals surface area contributed by atoms with Gasteiger partial charge in [0, 0.05) is 0 Å². The first-order valence-corrected chi connectivity index (χ1v) is 7.39. The summed E-state index contributed by atoms with van der Waals surface area (Å²) in [6.45, 7) is 9.22. The van der Waals surface area contributed by atoms with Crippen LogP contribution < -0.4 is 0 Å². The minimum absolute atomic E-state index is 0.334. The van der Waals surface area contributed by atoms with Crippen molar-refractivity contribution in [3.8, 4) is 6.07 Å². The Morgan fingerprint density at radius 3 is 2.45 bits per heavy atom. The van der Waals surface area contributed by atoms with Crippen molar-refractivity contribution in [1.29, 1.82) is 5.26 Å². The number of rotatable bonds is 2. The fourth-order valence-corrected chi connectivity index (χ4v) is 3.27. The molecule has 1 aliphatic rings. The van der Waals surface area contributed by atoms with E-state index in [-0.39, 0.29) is 0 Å². The smallest absolute Gasteiger partial charge is 0.0991 e. The Balaban J connectivity index is 2.37. The third-order valence-electron chi connectivity index (χ3n) is 4.50. The Kier molecular flexibility index (Phi) is 4.14. The molecule has 1 aromatic rings. The molecule has 2 rings (SSSR count). The standard InChI is InChI=1S/C19H23N/c1-5-18-14(2)17(10-11-19(18,3)4)12-15-6-8-16(13-20)9-7-15/h6-9,12H,5,10-11H2,1-4H3/b17-12+. The molecule has 104 valence electrons. The lowest BCUT2D eigenvalue weighted by Gasteiger charge is -2.35. The summed E-state index contributed by atoms with van der Waals surface area (Å²) in [5, 5.41) is 8.84. The fourth-order valence-electron chi connectivity index (χ4n) is 3.27. The van der Waals surface area contributed by atoms with Crippen LogP contribution in [-0.4, -0.2) is 0 Å². The lowest BCUT2D eigenvalue weighted by atomic mass is 9.70. The van der Waals surface area contributed by atoms with Crippen molar-refractivity contribution in [3.05, 3.63) is 52.1 Å². The van der Waals surface area contributed by atoms with Gasteiger partial charge in [-0.05, 0) is 60.4 Å². The molecule has 0 radical (unpaired) electrons. The van der Waals surface area contributed by atoms with Gasteiger partial charge in [-0.2, -0.15) is 5.26 Å². The first-order chi connectivity index (χ1) is 9.47. The third kappa shape index (κ3) is 2.85. The van der Waals surface area contributed by atoms with E-state index in [2.05, 4.69) is 39.8 Å². The summed E-state index contributed by atoms with van der Waals surface area (Å²) < 4.78 is 0. The van der Waals surface area contributed by atoms with Gasteiger partial charge in [-0.3, -0.25) is 0 Å². The van der Waals surface area contributed by atoms with E-state index in [0.29, 0.717) is 5.41 Å². The Hall–Kier alpha value is -1.81. The summed E-state index contributed by atoms with van der Waals surface area (Å²) in [5.41, 5.74) is 6.75. The van der Waals surface area contributed by atoms with Crippen molar-refractivity contribution < 1.29 is 0 Å². The zero-order valence-electron chi connectivity index (χ0n) is 13.0. The first kappa shape index (κ1) is 14.6. The molecule has 1 aliphatic carbocycles. The van der Waals surface area contributed by atoms with Crippen molar-refractivity contribution in [2.45, 2.75) is 47.0 Å². The minimum atomic E-state index is 0.334. The molecule has 0 fully saturated rings. The third-order valence-corrected chi connectivity index (χ3v) is 4.50. The van der Waals surface area contributed by atoms with Crippen LogP contribution in [0.2, 0.25) is 0 Å². The van der Waals surface area contributed by atoms with Gasteiger partial charge in [-0.1, -0.05) is 44.6 Å². The van der Waals surface area contributed by atoms with Gasteiger partial charge >= 0.3 is 0 Å². The summed E-state index contributed by atoms with van der Waals surface area (Å²) in [6, 6.07) is 10.0. The summed E-state index contributed by atoms with van der Waals surface area (Å²) in [5.74, 6) is 0. The predicted octanol–water partition coefficient (Wildman–Crippen LogP) is 5.49. The van der Waals surface area contributed by atoms with Crippen LogP contribution in [0.3, 0.4) is 0 Å². The van der Waals surface area contributed by atoms with Crippen LogP contribution in [0.25, 0.3) is 6.08 Å². The second-order valence-corrected chi connectivity index (χ2v) is 6.24. The molecule has 0 aromatic heterocycles. The van der Waals surface area contributed by atoms with Gasteiger partial charge in [-0.25, -0.2) is 0 Å². The first-order valence-electron chi connectivity index (χ1n) is 7.39. The summed E-state index contributed by atoms with van der Waals surface area (Å²) in [6.07, 6.45) is 5.77. The normalized spacial score (nSPS) is 20.1. The summed E-state index contributed by atoms with van der Waals surface area (Å²) >= 11 is 0. The van der Waals surface area contributed by atoms with Gasteiger partial charge < -0.3 is 0 Å². The van der Waals surface area contributed by atoms with Gasteiger partial charge in [0.1, 0.15) is 0 Å². The molecule has 0 saturated carbocycles. The molecular formula is C19H23N. The van der Waals surface area contributed by atoms with Gasteiger partial charge in [0.05, 0.1) is 11.6 Å². The van der Waals surface area contributed by atoms with E-state index in [1.54, 1.807) is 5.57 Å². The summed E-state index contributed by atoms with van der Waals surface area (Å²) in [4.78, 5) is 0. The van der Waals surface area contributed by atoms with Gasteiger partial charge in [0.15, 0.2) is 0 Å². The Morgan fingerprint density at radius 2 is 1.90 bits per heavy atom. The zero-order chi connectivity index (χ0) is 14.8. The van der Waals surface area contributed by atoms with Crippen molar-refractivity contribution in [1.82, 2.24) is 0 Å². The molecule has 1 nitrogen and oxygen atoms in total. The molecule has 1 heteroatoms. The van der Waals surface area contributed by atoms with E-state index in [9.17, 15) is 0 Å². The van der Waals surface area contributed by atoms with Crippen LogP contribution in [0.1, 0.15) is 58.1 Å². The van der Waals surface area contributed by atoms with E-state index in [0.717, 1.165) is 18.4 Å². The van der Waals surface area contributed by atoms with Crippen molar-refractivity contribution >= 4 is 6.08 Å². The average Bonchev–Trinajstić information content (AvgIpc) is 2.43. The monoisotopic (exact) mass is 265 g/mol. The second-order valence-electron chi connectivity index (χ2n) is 6.24. The number of nitrogens with zero attached hydrogens (tertiary/aromatic N) is 1. The highest BCUT2D eigenvalue weighted by molar-refractivity contribution is 5.60. The van der Waals surface area contributed by atoms with Crippen LogP contribution in [0.4, 0.5) is 0 Å². The van der Waals surface area contributed by atoms with Crippen LogP contribution >= 0.6 is 0 Å². The highest BCUT2D eigenvalue weighted by Crippen LogP contribution is 2.44. The van der Waals surface area contributed by atoms with Crippen LogP contribution in [0.15, 0.2) is 41.0 Å². The molecule has 0 heterocycles. The van der Waals surface area contributed by atoms with E-state index < -0.39 is 0 Å². The molecule has 0 unspecified atom stereocenters. The lowest BCUT2D eigenvalue weighted by molar-refractivity contribution is 0.381. The molecule has 0 amide bonds. The second kappa shape index (κ2) is 5.67. The number of nitriles is 1. The topological polar surface area (TPSA) is 23.8 Å².